The number of hydrogen-bond acceptors (Lipinski definition) is 12. The van der Waals surface area contributed by atoms with Crippen LogP contribution in [0, 0.1) is 0 Å². The van der Waals surface area contributed by atoms with E-state index >= 15 is 9.13 Å². The van der Waals surface area contributed by atoms with Gasteiger partial charge in [-0.2, -0.15) is 0 Å². The van der Waals surface area contributed by atoms with Crippen molar-refractivity contribution < 1.29 is 56.5 Å². The van der Waals surface area contributed by atoms with Crippen LogP contribution >= 0.6 is 14.3 Å². The average Bonchev–Trinajstić information content (AvgIpc) is 1.05. The van der Waals surface area contributed by atoms with E-state index in [1.807, 2.05) is 26.0 Å². The molecule has 0 N–H and O–H groups in total. The molecule has 0 aromatic heterocycles. The van der Waals surface area contributed by atoms with Crippen LogP contribution in [-0.4, -0.2) is 55.2 Å². The van der Waals surface area contributed by atoms with Crippen molar-refractivity contribution >= 4 is 46.1 Å². The van der Waals surface area contributed by atoms with E-state index in [1.54, 1.807) is 28.4 Å². The minimum atomic E-state index is -4.40. The van der Waals surface area contributed by atoms with Crippen LogP contribution in [0.1, 0.15) is 225 Å². The number of ether oxygens (including phenoxy) is 10. The Morgan fingerprint density at radius 2 is 0.587 bits per heavy atom. The van der Waals surface area contributed by atoms with Gasteiger partial charge in [0.15, 0.2) is 37.3 Å². The van der Waals surface area contributed by atoms with Crippen molar-refractivity contribution in [3.63, 3.8) is 0 Å². The summed E-state index contributed by atoms with van der Waals surface area (Å²) in [5, 5.41) is 2.91. The predicted octanol–water partition coefficient (Wildman–Crippen LogP) is 17.3. The molecule has 2 aliphatic heterocycles. The van der Waals surface area contributed by atoms with Gasteiger partial charge >= 0.3 is 0 Å². The summed E-state index contributed by atoms with van der Waals surface area (Å²) < 4.78 is 104. The van der Waals surface area contributed by atoms with Crippen molar-refractivity contribution in [3.05, 3.63) is 105 Å². The molecule has 0 amide bonds. The number of methoxy groups -OCH3 is 4. The number of hydrogen-bond donors (Lipinski definition) is 0. The first-order valence-corrected chi connectivity index (χ1v) is 36.0. The van der Waals surface area contributed by atoms with Gasteiger partial charge in [0.2, 0.25) is 25.1 Å². The van der Waals surface area contributed by atoms with Gasteiger partial charge in [0.05, 0.1) is 47.0 Å². The first-order valence-electron chi connectivity index (χ1n) is 32.6. The van der Waals surface area contributed by atoms with E-state index in [-0.39, 0.29) is 44.0 Å². The summed E-state index contributed by atoms with van der Waals surface area (Å²) in [7, 11) is -1.92. The Kier molecular flexibility index (Phi) is 19.1. The van der Waals surface area contributed by atoms with E-state index < -0.39 is 57.6 Å². The summed E-state index contributed by atoms with van der Waals surface area (Å²) in [6.07, 6.45) is 0. The molecule has 0 radical (unpaired) electrons. The topological polar surface area (TPSA) is 126 Å². The summed E-state index contributed by atoms with van der Waals surface area (Å²) in [6, 6.07) is 20.4. The molecule has 0 saturated carbocycles. The molecule has 0 unspecified atom stereocenters. The zero-order valence-electron chi connectivity index (χ0n) is 61.4. The molecule has 0 aliphatic carbocycles. The van der Waals surface area contributed by atoms with E-state index in [1.165, 1.54) is 0 Å². The Morgan fingerprint density at radius 1 is 0.326 bits per heavy atom. The fourth-order valence-corrected chi connectivity index (χ4v) is 18.7. The van der Waals surface area contributed by atoms with Gasteiger partial charge in [0.1, 0.15) is 23.0 Å². The summed E-state index contributed by atoms with van der Waals surface area (Å²) in [6.45, 7) is 55.6. The van der Waals surface area contributed by atoms with Gasteiger partial charge in [-0.25, -0.2) is 0 Å². The van der Waals surface area contributed by atoms with Crippen LogP contribution < -0.4 is 79.2 Å². The highest BCUT2D eigenvalue weighted by Gasteiger charge is 2.48. The molecule has 2 aliphatic rings. The molecular formula is C78H108O12P2. The van der Waals surface area contributed by atoms with E-state index in [2.05, 4.69) is 215 Å². The fourth-order valence-electron chi connectivity index (χ4n) is 12.9. The molecule has 2 heterocycles. The first-order chi connectivity index (χ1) is 42.2. The molecule has 502 valence electrons. The molecule has 0 spiro atoms. The lowest BCUT2D eigenvalue weighted by Crippen LogP contribution is -2.33. The summed E-state index contributed by atoms with van der Waals surface area (Å²) in [4.78, 5) is 0. The smallest absolute Gasteiger partial charge is 0.231 e. The molecule has 12 nitrogen and oxygen atoms in total. The van der Waals surface area contributed by atoms with Gasteiger partial charge in [0.25, 0.3) is 0 Å². The Bertz CT molecular complexity index is 3610. The van der Waals surface area contributed by atoms with Gasteiger partial charge in [-0.05, 0) is 118 Å². The van der Waals surface area contributed by atoms with Gasteiger partial charge < -0.3 is 56.5 Å². The Hall–Kier alpha value is -6.22. The van der Waals surface area contributed by atoms with Crippen LogP contribution in [0.5, 0.6) is 57.5 Å². The maximum Gasteiger partial charge on any atom is 0.231 e. The average molecular weight is 1300 g/mol. The Morgan fingerprint density at radius 3 is 0.859 bits per heavy atom. The largest absolute Gasteiger partial charge is 0.496 e. The zero-order valence-corrected chi connectivity index (χ0v) is 63.2. The van der Waals surface area contributed by atoms with Crippen molar-refractivity contribution in [1.82, 2.24) is 0 Å². The van der Waals surface area contributed by atoms with Crippen LogP contribution in [0.15, 0.2) is 60.7 Å². The highest BCUT2D eigenvalue weighted by molar-refractivity contribution is 7.86. The fraction of sp³-hybridized carbons (Fsp3) is 0.538. The molecule has 8 rings (SSSR count). The molecule has 14 heteroatoms. The molecular weight excluding hydrogens is 1190 g/mol. The van der Waals surface area contributed by atoms with Crippen LogP contribution in [0.25, 0.3) is 11.1 Å². The van der Waals surface area contributed by atoms with Crippen molar-refractivity contribution in [1.29, 1.82) is 0 Å². The lowest BCUT2D eigenvalue weighted by atomic mass is 9.79. The second kappa shape index (κ2) is 24.5. The normalized spacial score (nSPS) is 14.2. The maximum atomic E-state index is 19.1. The molecule has 0 bridgehead atoms. The first kappa shape index (κ1) is 71.6. The van der Waals surface area contributed by atoms with Crippen molar-refractivity contribution in [2.24, 2.45) is 0 Å². The summed E-state index contributed by atoms with van der Waals surface area (Å²) >= 11 is 0. The summed E-state index contributed by atoms with van der Waals surface area (Å²) in [5.41, 5.74) is 3.81. The second-order valence-electron chi connectivity index (χ2n) is 33.1. The Labute approximate surface area is 552 Å². The lowest BCUT2D eigenvalue weighted by Gasteiger charge is -2.35. The third-order valence-electron chi connectivity index (χ3n) is 17.7. The quantitative estimate of drug-likeness (QED) is 0.0909. The molecule has 0 fully saturated rings. The second-order valence-corrected chi connectivity index (χ2v) is 38.5. The van der Waals surface area contributed by atoms with Gasteiger partial charge in [-0.1, -0.05) is 166 Å². The van der Waals surface area contributed by atoms with Crippen molar-refractivity contribution in [2.45, 2.75) is 223 Å². The van der Waals surface area contributed by atoms with Crippen molar-refractivity contribution in [2.75, 3.05) is 55.2 Å². The minimum Gasteiger partial charge on any atom is -0.496 e. The summed E-state index contributed by atoms with van der Waals surface area (Å²) in [5.74, 6) is 4.64. The van der Waals surface area contributed by atoms with Gasteiger partial charge in [-0.15, -0.1) is 0 Å². The van der Waals surface area contributed by atoms with Crippen LogP contribution in [-0.2, 0) is 52.5 Å². The zero-order chi connectivity index (χ0) is 69.0. The third kappa shape index (κ3) is 12.8. The minimum absolute atomic E-state index is 0.178. The number of fused-ring (bicyclic) bond motifs is 2. The number of benzene rings is 6. The molecule has 92 heavy (non-hydrogen) atoms. The molecule has 6 aromatic carbocycles. The van der Waals surface area contributed by atoms with Crippen LogP contribution in [0.2, 0.25) is 0 Å². The van der Waals surface area contributed by atoms with Gasteiger partial charge in [0, 0.05) is 82.2 Å². The molecule has 6 aromatic rings. The number of rotatable bonds is 15. The monoisotopic (exact) mass is 1300 g/mol. The lowest BCUT2D eigenvalue weighted by molar-refractivity contribution is 0.169. The predicted molar refractivity (Wildman–Crippen MR) is 381 cm³/mol. The van der Waals surface area contributed by atoms with Crippen molar-refractivity contribution in [3.8, 4) is 68.6 Å². The molecule has 0 atom stereocenters. The SMILES string of the molecule is CCOc1cc(P(=O)(c2cc(C(C)(C)C)c(OC)c(C(C)(C)C)c2)c2cc(C(C)(C)C)c(OC)c(C(C)(C)C)c2)c(-c2cc(P(=O)(c3cc(C(C)(C)C)c(OC)c(C(C)(C)C)c3)c3cc(C(C)(C)C)c(OC)c(C(C)(C)C)c3)c(OCC)c3c2OCO3)c2c1OCO2. The maximum absolute atomic E-state index is 19.1. The van der Waals surface area contributed by atoms with Gasteiger partial charge in [-0.3, -0.25) is 0 Å². The Balaban J connectivity index is 1.75. The van der Waals surface area contributed by atoms with Crippen LogP contribution in [0.4, 0.5) is 0 Å². The van der Waals surface area contributed by atoms with E-state index in [0.29, 0.717) is 60.2 Å². The van der Waals surface area contributed by atoms with E-state index in [0.717, 1.165) is 67.5 Å². The highest BCUT2D eigenvalue weighted by atomic mass is 31.2. The van der Waals surface area contributed by atoms with Crippen LogP contribution in [0.3, 0.4) is 0 Å². The third-order valence-corrected chi connectivity index (χ3v) is 23.7. The van der Waals surface area contributed by atoms with E-state index in [4.69, 9.17) is 47.4 Å². The standard InChI is InChI=1S/C78H108O12P2/c1-31-85-58-42-59(91(79,45-33-50(71(3,4)5)63(81-27)51(34-45)72(6,7)8)46-35-52(73(9,10)11)64(82-28)53(36-46)74(12,13)14)61(69-67(58)88-44-89-69)49-41-60(68(86-32-2)70-62(49)87-43-90-70)92(80,47-37-54(75(15,16)17)65(83-29)55(38-47)76(18,19)20)48-39-56(77(21,22)23)66(84-30)57(40-48)78(24,25)26/h33-42H,31-32,43-44H2,1-30H3. The highest BCUT2D eigenvalue weighted by Crippen LogP contribution is 2.62. The molecule has 0 saturated heterocycles. The van der Waals surface area contributed by atoms with E-state index in [9.17, 15) is 0 Å².